The molecule has 0 aromatic heterocycles. The number of carbonyl (C=O) groups excluding carboxylic acids is 2. The van der Waals surface area contributed by atoms with Crippen LogP contribution >= 0.6 is 0 Å². The Morgan fingerprint density at radius 2 is 2.06 bits per heavy atom. The zero-order chi connectivity index (χ0) is 13.0. The summed E-state index contributed by atoms with van der Waals surface area (Å²) in [4.78, 5) is 22.5. The fraction of sp³-hybridized carbons (Fsp3) is 0.273. The van der Waals surface area contributed by atoms with Crippen LogP contribution in [-0.2, 0) is 4.79 Å². The lowest BCUT2D eigenvalue weighted by Crippen LogP contribution is -2.34. The van der Waals surface area contributed by atoms with Crippen molar-refractivity contribution in [3.8, 4) is 5.75 Å². The van der Waals surface area contributed by atoms with Crippen molar-refractivity contribution in [1.82, 2.24) is 5.32 Å². The van der Waals surface area contributed by atoms with E-state index in [-0.39, 0.29) is 17.2 Å². The number of carbonyl (C=O) groups is 2. The smallest absolute Gasteiger partial charge is 0.260 e. The maximum Gasteiger partial charge on any atom is 0.260 e. The van der Waals surface area contributed by atoms with Gasteiger partial charge in [-0.2, -0.15) is 0 Å². The van der Waals surface area contributed by atoms with E-state index in [2.05, 4.69) is 5.32 Å². The number of amides is 2. The number of primary amides is 1. The Balaban J connectivity index is 2.98. The van der Waals surface area contributed by atoms with Crippen molar-refractivity contribution in [2.24, 2.45) is 5.73 Å². The molecule has 0 fully saturated rings. The molecule has 0 aliphatic rings. The summed E-state index contributed by atoms with van der Waals surface area (Å²) in [6, 6.07) is 4.49. The van der Waals surface area contributed by atoms with Crippen LogP contribution in [0, 0.1) is 0 Å². The third-order valence-corrected chi connectivity index (χ3v) is 2.19. The predicted octanol–water partition coefficient (Wildman–Crippen LogP) is -0.119. The standard InChI is InChI=1S/C11H15N3O3/c1-6(11(16)14-2)17-9-4-3-7(12)5-8(9)10(13)15/h3-6H,12H2,1-2H3,(H2,13,15)(H,14,16). The highest BCUT2D eigenvalue weighted by Gasteiger charge is 2.16. The molecule has 0 spiro atoms. The average molecular weight is 237 g/mol. The number of rotatable bonds is 4. The van der Waals surface area contributed by atoms with Crippen molar-refractivity contribution in [2.75, 3.05) is 12.8 Å². The number of hydrogen-bond acceptors (Lipinski definition) is 4. The van der Waals surface area contributed by atoms with E-state index in [1.165, 1.54) is 19.2 Å². The number of likely N-dealkylation sites (N-methyl/N-ethyl adjacent to an activating group) is 1. The molecule has 92 valence electrons. The minimum absolute atomic E-state index is 0.153. The second-order valence-electron chi connectivity index (χ2n) is 3.49. The number of hydrogen-bond donors (Lipinski definition) is 3. The molecule has 1 aromatic rings. The maximum absolute atomic E-state index is 11.3. The summed E-state index contributed by atoms with van der Waals surface area (Å²) in [5, 5.41) is 2.44. The van der Waals surface area contributed by atoms with E-state index >= 15 is 0 Å². The predicted molar refractivity (Wildman–Crippen MR) is 63.5 cm³/mol. The highest BCUT2D eigenvalue weighted by atomic mass is 16.5. The lowest BCUT2D eigenvalue weighted by molar-refractivity contribution is -0.126. The maximum atomic E-state index is 11.3. The van der Waals surface area contributed by atoms with Gasteiger partial charge in [0.25, 0.3) is 11.8 Å². The highest BCUT2D eigenvalue weighted by Crippen LogP contribution is 2.22. The molecule has 5 N–H and O–H groups in total. The molecule has 17 heavy (non-hydrogen) atoms. The first-order valence-corrected chi connectivity index (χ1v) is 5.03. The summed E-state index contributed by atoms with van der Waals surface area (Å²) in [6.45, 7) is 1.57. The van der Waals surface area contributed by atoms with Gasteiger partial charge in [-0.25, -0.2) is 0 Å². The Bertz CT molecular complexity index is 446. The van der Waals surface area contributed by atoms with E-state index in [0.717, 1.165) is 0 Å². The van der Waals surface area contributed by atoms with Crippen molar-refractivity contribution >= 4 is 17.5 Å². The zero-order valence-electron chi connectivity index (χ0n) is 9.69. The van der Waals surface area contributed by atoms with Gasteiger partial charge < -0.3 is 21.5 Å². The third kappa shape index (κ3) is 3.10. The van der Waals surface area contributed by atoms with Gasteiger partial charge in [-0.3, -0.25) is 9.59 Å². The molecule has 0 radical (unpaired) electrons. The van der Waals surface area contributed by atoms with Crippen LogP contribution < -0.4 is 21.5 Å². The zero-order valence-corrected chi connectivity index (χ0v) is 9.69. The van der Waals surface area contributed by atoms with Gasteiger partial charge in [-0.15, -0.1) is 0 Å². The van der Waals surface area contributed by atoms with Crippen molar-refractivity contribution in [3.63, 3.8) is 0 Å². The van der Waals surface area contributed by atoms with E-state index in [1.54, 1.807) is 13.0 Å². The van der Waals surface area contributed by atoms with Gasteiger partial charge in [0.2, 0.25) is 0 Å². The Morgan fingerprint density at radius 1 is 1.41 bits per heavy atom. The first kappa shape index (κ1) is 12.8. The molecule has 2 amide bonds. The number of nitrogens with two attached hydrogens (primary N) is 2. The van der Waals surface area contributed by atoms with Crippen LogP contribution in [0.3, 0.4) is 0 Å². The SMILES string of the molecule is CNC(=O)C(C)Oc1ccc(N)cc1C(N)=O. The molecule has 1 atom stereocenters. The summed E-state index contributed by atoms with van der Waals surface area (Å²) < 4.78 is 5.35. The molecule has 0 bridgehead atoms. The van der Waals surface area contributed by atoms with E-state index in [9.17, 15) is 9.59 Å². The molecule has 1 aromatic carbocycles. The molecular weight excluding hydrogens is 222 g/mol. The van der Waals surface area contributed by atoms with Crippen LogP contribution in [0.15, 0.2) is 18.2 Å². The van der Waals surface area contributed by atoms with Gasteiger partial charge >= 0.3 is 0 Å². The van der Waals surface area contributed by atoms with E-state index < -0.39 is 12.0 Å². The molecular formula is C11H15N3O3. The quantitative estimate of drug-likeness (QED) is 0.634. The minimum Gasteiger partial charge on any atom is -0.480 e. The van der Waals surface area contributed by atoms with Crippen LogP contribution in [-0.4, -0.2) is 25.0 Å². The van der Waals surface area contributed by atoms with Crippen LogP contribution in [0.25, 0.3) is 0 Å². The lowest BCUT2D eigenvalue weighted by Gasteiger charge is -2.15. The molecule has 0 saturated heterocycles. The summed E-state index contributed by atoms with van der Waals surface area (Å²) in [5.41, 5.74) is 11.3. The van der Waals surface area contributed by atoms with Crippen LogP contribution in [0.2, 0.25) is 0 Å². The first-order valence-electron chi connectivity index (χ1n) is 5.03. The fourth-order valence-electron chi connectivity index (χ4n) is 1.29. The van der Waals surface area contributed by atoms with Gasteiger partial charge in [-0.05, 0) is 25.1 Å². The lowest BCUT2D eigenvalue weighted by atomic mass is 10.1. The average Bonchev–Trinajstić information content (AvgIpc) is 2.29. The summed E-state index contributed by atoms with van der Waals surface area (Å²) in [5.74, 6) is -0.712. The second-order valence-corrected chi connectivity index (χ2v) is 3.49. The first-order chi connectivity index (χ1) is 7.95. The van der Waals surface area contributed by atoms with E-state index in [1.807, 2.05) is 0 Å². The minimum atomic E-state index is -0.721. The van der Waals surface area contributed by atoms with Crippen molar-refractivity contribution < 1.29 is 14.3 Å². The van der Waals surface area contributed by atoms with Gasteiger partial charge in [0, 0.05) is 12.7 Å². The van der Waals surface area contributed by atoms with E-state index in [0.29, 0.717) is 5.69 Å². The van der Waals surface area contributed by atoms with Crippen molar-refractivity contribution in [1.29, 1.82) is 0 Å². The van der Waals surface area contributed by atoms with E-state index in [4.69, 9.17) is 16.2 Å². The van der Waals surface area contributed by atoms with Gasteiger partial charge in [0.1, 0.15) is 5.75 Å². The summed E-state index contributed by atoms with van der Waals surface area (Å²) in [7, 11) is 1.50. The summed E-state index contributed by atoms with van der Waals surface area (Å²) >= 11 is 0. The van der Waals surface area contributed by atoms with Gasteiger partial charge in [0.05, 0.1) is 5.56 Å². The topological polar surface area (TPSA) is 107 Å². The monoisotopic (exact) mass is 237 g/mol. The van der Waals surface area contributed by atoms with Crippen LogP contribution in [0.4, 0.5) is 5.69 Å². The largest absolute Gasteiger partial charge is 0.480 e. The second kappa shape index (κ2) is 5.20. The Labute approximate surface area is 98.9 Å². The molecule has 6 heteroatoms. The third-order valence-electron chi connectivity index (χ3n) is 2.19. The number of benzene rings is 1. The Kier molecular flexibility index (Phi) is 3.92. The Morgan fingerprint density at radius 3 is 2.59 bits per heavy atom. The molecule has 6 nitrogen and oxygen atoms in total. The molecule has 0 aliphatic carbocycles. The molecule has 0 aliphatic heterocycles. The van der Waals surface area contributed by atoms with Crippen LogP contribution in [0.1, 0.15) is 17.3 Å². The highest BCUT2D eigenvalue weighted by molar-refractivity contribution is 5.96. The fourth-order valence-corrected chi connectivity index (χ4v) is 1.29. The van der Waals surface area contributed by atoms with Gasteiger partial charge in [-0.1, -0.05) is 0 Å². The molecule has 0 saturated carbocycles. The number of nitrogen functional groups attached to an aromatic ring is 1. The van der Waals surface area contributed by atoms with Crippen molar-refractivity contribution in [2.45, 2.75) is 13.0 Å². The summed E-state index contributed by atoms with van der Waals surface area (Å²) in [6.07, 6.45) is -0.721. The van der Waals surface area contributed by atoms with Gasteiger partial charge in [0.15, 0.2) is 6.10 Å². The number of ether oxygens (including phenoxy) is 1. The normalized spacial score (nSPS) is 11.6. The number of anilines is 1. The molecule has 1 unspecified atom stereocenters. The van der Waals surface area contributed by atoms with Crippen molar-refractivity contribution in [3.05, 3.63) is 23.8 Å². The van der Waals surface area contributed by atoms with Crippen LogP contribution in [0.5, 0.6) is 5.75 Å². The molecule has 1 rings (SSSR count). The molecule has 0 heterocycles. The Hall–Kier alpha value is -2.24. The number of nitrogens with one attached hydrogen (secondary N) is 1.